The Balaban J connectivity index is 1.85. The zero-order valence-corrected chi connectivity index (χ0v) is 12.6. The third kappa shape index (κ3) is 3.66. The molecule has 1 aliphatic carbocycles. The van der Waals surface area contributed by atoms with Crippen LogP contribution < -0.4 is 5.32 Å². The van der Waals surface area contributed by atoms with E-state index in [4.69, 9.17) is 0 Å². The standard InChI is InChI=1S/C14H23N5O/c1-10(19(4)11-5-6-11)9-15-13-8-7-12(16-17-13)14(20)18(2)3/h7-8,10-11H,5-6,9H2,1-4H3,(H,15,17). The van der Waals surface area contributed by atoms with Gasteiger partial charge >= 0.3 is 0 Å². The molecule has 1 N–H and O–H groups in total. The first-order valence-corrected chi connectivity index (χ1v) is 7.00. The summed E-state index contributed by atoms with van der Waals surface area (Å²) in [7, 11) is 5.56. The lowest BCUT2D eigenvalue weighted by Gasteiger charge is -2.24. The average Bonchev–Trinajstić information content (AvgIpc) is 3.28. The lowest BCUT2D eigenvalue weighted by atomic mass is 10.3. The zero-order chi connectivity index (χ0) is 14.7. The topological polar surface area (TPSA) is 61.4 Å². The molecular formula is C14H23N5O. The number of carbonyl (C=O) groups excluding carboxylic acids is 1. The lowest BCUT2D eigenvalue weighted by molar-refractivity contribution is 0.0821. The molecule has 0 bridgehead atoms. The molecule has 1 saturated carbocycles. The van der Waals surface area contributed by atoms with Crippen LogP contribution in [0.15, 0.2) is 12.1 Å². The Labute approximate surface area is 120 Å². The Bertz CT molecular complexity index is 455. The molecule has 1 heterocycles. The number of anilines is 1. The summed E-state index contributed by atoms with van der Waals surface area (Å²) in [4.78, 5) is 15.6. The number of hydrogen-bond acceptors (Lipinski definition) is 5. The van der Waals surface area contributed by atoms with Gasteiger partial charge in [-0.15, -0.1) is 10.2 Å². The number of likely N-dealkylation sites (N-methyl/N-ethyl adjacent to an activating group) is 1. The van der Waals surface area contributed by atoms with Crippen molar-refractivity contribution in [2.75, 3.05) is 33.0 Å². The van der Waals surface area contributed by atoms with Gasteiger partial charge in [0.25, 0.3) is 5.91 Å². The second-order valence-corrected chi connectivity index (χ2v) is 5.63. The van der Waals surface area contributed by atoms with E-state index in [2.05, 4.69) is 34.4 Å². The maximum absolute atomic E-state index is 11.7. The van der Waals surface area contributed by atoms with E-state index in [1.165, 1.54) is 17.7 Å². The van der Waals surface area contributed by atoms with Crippen molar-refractivity contribution in [2.45, 2.75) is 31.8 Å². The van der Waals surface area contributed by atoms with E-state index in [9.17, 15) is 4.79 Å². The predicted octanol–water partition coefficient (Wildman–Crippen LogP) is 1.07. The van der Waals surface area contributed by atoms with E-state index in [1.54, 1.807) is 26.2 Å². The van der Waals surface area contributed by atoms with E-state index in [-0.39, 0.29) is 5.91 Å². The fraction of sp³-hybridized carbons (Fsp3) is 0.643. The van der Waals surface area contributed by atoms with Crippen molar-refractivity contribution in [3.05, 3.63) is 17.8 Å². The van der Waals surface area contributed by atoms with Crippen LogP contribution in [0, 0.1) is 0 Å². The Morgan fingerprint density at radius 2 is 2.05 bits per heavy atom. The maximum Gasteiger partial charge on any atom is 0.273 e. The van der Waals surface area contributed by atoms with Crippen molar-refractivity contribution in [2.24, 2.45) is 0 Å². The van der Waals surface area contributed by atoms with E-state index in [0.717, 1.165) is 12.6 Å². The first kappa shape index (κ1) is 14.7. The summed E-state index contributed by atoms with van der Waals surface area (Å²) in [5.74, 6) is 0.572. The molecule has 6 heteroatoms. The first-order valence-electron chi connectivity index (χ1n) is 7.00. The fourth-order valence-electron chi connectivity index (χ4n) is 2.01. The van der Waals surface area contributed by atoms with Crippen molar-refractivity contribution >= 4 is 11.7 Å². The summed E-state index contributed by atoms with van der Waals surface area (Å²) in [6, 6.07) is 4.70. The number of rotatable bonds is 6. The second-order valence-electron chi connectivity index (χ2n) is 5.63. The molecule has 20 heavy (non-hydrogen) atoms. The molecule has 110 valence electrons. The lowest BCUT2D eigenvalue weighted by Crippen LogP contribution is -2.36. The molecule has 1 amide bonds. The van der Waals surface area contributed by atoms with Gasteiger partial charge in [0.1, 0.15) is 5.82 Å². The van der Waals surface area contributed by atoms with Crippen molar-refractivity contribution in [3.63, 3.8) is 0 Å². The van der Waals surface area contributed by atoms with Crippen LogP contribution in [0.3, 0.4) is 0 Å². The monoisotopic (exact) mass is 277 g/mol. The van der Waals surface area contributed by atoms with Crippen molar-refractivity contribution in [3.8, 4) is 0 Å². The summed E-state index contributed by atoms with van der Waals surface area (Å²) in [5, 5.41) is 11.3. The molecule has 0 saturated heterocycles. The molecule has 0 spiro atoms. The van der Waals surface area contributed by atoms with Gasteiger partial charge in [-0.2, -0.15) is 0 Å². The van der Waals surface area contributed by atoms with Crippen molar-refractivity contribution < 1.29 is 4.79 Å². The Morgan fingerprint density at radius 1 is 1.35 bits per heavy atom. The minimum absolute atomic E-state index is 0.133. The van der Waals surface area contributed by atoms with Crippen molar-refractivity contribution in [1.29, 1.82) is 0 Å². The van der Waals surface area contributed by atoms with Crippen LogP contribution in [0.25, 0.3) is 0 Å². The molecule has 1 fully saturated rings. The molecule has 0 radical (unpaired) electrons. The summed E-state index contributed by atoms with van der Waals surface area (Å²) in [5.41, 5.74) is 0.365. The Kier molecular flexibility index (Phi) is 4.54. The largest absolute Gasteiger partial charge is 0.367 e. The van der Waals surface area contributed by atoms with Gasteiger partial charge in [-0.3, -0.25) is 9.69 Å². The summed E-state index contributed by atoms with van der Waals surface area (Å²) < 4.78 is 0. The maximum atomic E-state index is 11.7. The van der Waals surface area contributed by atoms with Crippen LogP contribution in [0.4, 0.5) is 5.82 Å². The van der Waals surface area contributed by atoms with E-state index < -0.39 is 0 Å². The third-order valence-electron chi connectivity index (χ3n) is 3.69. The average molecular weight is 277 g/mol. The van der Waals surface area contributed by atoms with Gasteiger partial charge in [0.15, 0.2) is 5.69 Å². The van der Waals surface area contributed by atoms with Crippen LogP contribution in [-0.4, -0.2) is 65.7 Å². The molecule has 1 aliphatic rings. The molecule has 0 aromatic carbocycles. The summed E-state index contributed by atoms with van der Waals surface area (Å²) >= 11 is 0. The van der Waals surface area contributed by atoms with E-state index in [1.807, 2.05) is 0 Å². The first-order chi connectivity index (χ1) is 9.49. The highest BCUT2D eigenvalue weighted by Crippen LogP contribution is 2.26. The fourth-order valence-corrected chi connectivity index (χ4v) is 2.01. The molecule has 2 rings (SSSR count). The Morgan fingerprint density at radius 3 is 2.55 bits per heavy atom. The van der Waals surface area contributed by atoms with E-state index in [0.29, 0.717) is 17.6 Å². The van der Waals surface area contributed by atoms with Crippen molar-refractivity contribution in [1.82, 2.24) is 20.0 Å². The molecule has 1 unspecified atom stereocenters. The number of nitrogens with zero attached hydrogens (tertiary/aromatic N) is 4. The smallest absolute Gasteiger partial charge is 0.273 e. The molecular weight excluding hydrogens is 254 g/mol. The second kappa shape index (κ2) is 6.17. The van der Waals surface area contributed by atoms with Crippen LogP contribution >= 0.6 is 0 Å². The van der Waals surface area contributed by atoms with Gasteiger partial charge in [0.2, 0.25) is 0 Å². The van der Waals surface area contributed by atoms with Crippen LogP contribution in [0.2, 0.25) is 0 Å². The minimum Gasteiger partial charge on any atom is -0.367 e. The minimum atomic E-state index is -0.133. The van der Waals surface area contributed by atoms with Gasteiger partial charge in [-0.05, 0) is 38.9 Å². The summed E-state index contributed by atoms with van der Waals surface area (Å²) in [6.07, 6.45) is 2.62. The highest BCUT2D eigenvalue weighted by atomic mass is 16.2. The normalized spacial score (nSPS) is 16.1. The van der Waals surface area contributed by atoms with Gasteiger partial charge in [-0.25, -0.2) is 0 Å². The van der Waals surface area contributed by atoms with Gasteiger partial charge in [0.05, 0.1) is 0 Å². The SMILES string of the molecule is CC(CNc1ccc(C(=O)N(C)C)nn1)N(C)C1CC1. The number of nitrogens with one attached hydrogen (secondary N) is 1. The number of amides is 1. The van der Waals surface area contributed by atoms with Crippen LogP contribution in [0.5, 0.6) is 0 Å². The van der Waals surface area contributed by atoms with Crippen LogP contribution in [0.1, 0.15) is 30.3 Å². The number of hydrogen-bond donors (Lipinski definition) is 1. The third-order valence-corrected chi connectivity index (χ3v) is 3.69. The quantitative estimate of drug-likeness (QED) is 0.843. The molecule has 6 nitrogen and oxygen atoms in total. The molecule has 0 aliphatic heterocycles. The summed E-state index contributed by atoms with van der Waals surface area (Å²) in [6.45, 7) is 3.02. The van der Waals surface area contributed by atoms with Gasteiger partial charge < -0.3 is 10.2 Å². The van der Waals surface area contributed by atoms with Gasteiger partial charge in [-0.1, -0.05) is 0 Å². The highest BCUT2D eigenvalue weighted by molar-refractivity contribution is 5.91. The Hall–Kier alpha value is -1.69. The van der Waals surface area contributed by atoms with Gasteiger partial charge in [0, 0.05) is 32.7 Å². The molecule has 1 atom stereocenters. The predicted molar refractivity (Wildman–Crippen MR) is 78.8 cm³/mol. The number of aromatic nitrogens is 2. The van der Waals surface area contributed by atoms with E-state index >= 15 is 0 Å². The molecule has 1 aromatic rings. The molecule has 1 aromatic heterocycles. The highest BCUT2D eigenvalue weighted by Gasteiger charge is 2.28. The number of carbonyl (C=O) groups is 1. The van der Waals surface area contributed by atoms with Crippen LogP contribution in [-0.2, 0) is 0 Å². The zero-order valence-electron chi connectivity index (χ0n) is 12.6.